The second-order valence-electron chi connectivity index (χ2n) is 8.03. The third-order valence-electron chi connectivity index (χ3n) is 4.34. The average Bonchev–Trinajstić information content (AvgIpc) is 3.12. The van der Waals surface area contributed by atoms with E-state index in [4.69, 9.17) is 4.74 Å². The molecule has 0 bridgehead atoms. The lowest BCUT2D eigenvalue weighted by atomic mass is 10.1. The Morgan fingerprint density at radius 3 is 2.61 bits per heavy atom. The number of benzene rings is 1. The number of nitrogens with zero attached hydrogens (tertiary/aromatic N) is 3. The van der Waals surface area contributed by atoms with Crippen molar-refractivity contribution in [1.29, 1.82) is 0 Å². The van der Waals surface area contributed by atoms with Gasteiger partial charge in [0.05, 0.1) is 10.3 Å². The molecule has 1 amide bonds. The molecule has 0 unspecified atom stereocenters. The Morgan fingerprint density at radius 2 is 1.97 bits per heavy atom. The van der Waals surface area contributed by atoms with Crippen LogP contribution < -0.4 is 5.32 Å². The van der Waals surface area contributed by atoms with E-state index in [0.717, 1.165) is 23.6 Å². The number of rotatable bonds is 5. The van der Waals surface area contributed by atoms with Gasteiger partial charge in [-0.05, 0) is 51.5 Å². The Bertz CT molecular complexity index is 1260. The third kappa shape index (κ3) is 4.69. The van der Waals surface area contributed by atoms with Gasteiger partial charge in [0.1, 0.15) is 23.4 Å². The molecular formula is C21H25N5O4S. The summed E-state index contributed by atoms with van der Waals surface area (Å²) in [6.45, 7) is 10.8. The second-order valence-corrected chi connectivity index (χ2v) is 10.0. The number of carbonyl (C=O) groups excluding carboxylic acids is 1. The Labute approximate surface area is 181 Å². The molecular weight excluding hydrogens is 418 g/mol. The number of ether oxygens (including phenoxy) is 1. The number of H-pyrrole nitrogens is 1. The van der Waals surface area contributed by atoms with Gasteiger partial charge in [-0.25, -0.2) is 27.5 Å². The van der Waals surface area contributed by atoms with E-state index in [-0.39, 0.29) is 4.90 Å². The molecule has 0 saturated heterocycles. The molecule has 0 radical (unpaired) electrons. The van der Waals surface area contributed by atoms with Crippen LogP contribution in [0.4, 0.5) is 16.3 Å². The van der Waals surface area contributed by atoms with Crippen LogP contribution in [0.2, 0.25) is 0 Å². The molecule has 2 N–H and O–H groups in total. The van der Waals surface area contributed by atoms with Gasteiger partial charge in [0.25, 0.3) is 10.0 Å². The topological polar surface area (TPSA) is 117 Å². The number of fused-ring (bicyclic) bond motifs is 1. The summed E-state index contributed by atoms with van der Waals surface area (Å²) in [5.74, 6) is 0.499. The lowest BCUT2D eigenvalue weighted by Crippen LogP contribution is -2.38. The molecule has 2 aromatic heterocycles. The van der Waals surface area contributed by atoms with E-state index in [1.54, 1.807) is 39.1 Å². The first-order valence-corrected chi connectivity index (χ1v) is 10.9. The molecule has 31 heavy (non-hydrogen) atoms. The van der Waals surface area contributed by atoms with E-state index in [1.807, 2.05) is 6.92 Å². The van der Waals surface area contributed by atoms with Crippen LogP contribution in [-0.2, 0) is 14.8 Å². The summed E-state index contributed by atoms with van der Waals surface area (Å²) in [5.41, 5.74) is 1.97. The van der Waals surface area contributed by atoms with Crippen molar-refractivity contribution in [1.82, 2.24) is 19.3 Å². The number of hydrogen-bond acceptors (Lipinski definition) is 7. The van der Waals surface area contributed by atoms with Crippen LogP contribution in [0.1, 0.15) is 33.3 Å². The molecule has 0 aliphatic carbocycles. The molecule has 1 aromatic carbocycles. The maximum Gasteiger partial charge on any atom is 0.424 e. The van der Waals surface area contributed by atoms with Gasteiger partial charge in [-0.3, -0.25) is 0 Å². The summed E-state index contributed by atoms with van der Waals surface area (Å²) in [7, 11) is -2.95. The molecule has 10 heteroatoms. The largest absolute Gasteiger partial charge is 0.443 e. The van der Waals surface area contributed by atoms with Crippen molar-refractivity contribution in [3.63, 3.8) is 0 Å². The Hall–Kier alpha value is -3.40. The lowest BCUT2D eigenvalue weighted by Gasteiger charge is -2.24. The Kier molecular flexibility index (Phi) is 5.77. The first kappa shape index (κ1) is 22.3. The summed E-state index contributed by atoms with van der Waals surface area (Å²) in [6, 6.07) is 6.12. The van der Waals surface area contributed by atoms with E-state index in [2.05, 4.69) is 26.8 Å². The van der Waals surface area contributed by atoms with Crippen LogP contribution in [0.25, 0.3) is 16.6 Å². The molecule has 0 fully saturated rings. The third-order valence-corrected chi connectivity index (χ3v) is 6.06. The van der Waals surface area contributed by atoms with Gasteiger partial charge in [0.2, 0.25) is 0 Å². The molecule has 0 saturated carbocycles. The van der Waals surface area contributed by atoms with Crippen molar-refractivity contribution in [2.45, 2.75) is 38.2 Å². The van der Waals surface area contributed by atoms with Crippen LogP contribution in [0, 0.1) is 0 Å². The predicted octanol–water partition coefficient (Wildman–Crippen LogP) is 4.29. The van der Waals surface area contributed by atoms with Crippen molar-refractivity contribution >= 4 is 44.2 Å². The first-order valence-electron chi connectivity index (χ1n) is 9.47. The van der Waals surface area contributed by atoms with Crippen molar-refractivity contribution in [2.75, 3.05) is 12.4 Å². The Morgan fingerprint density at radius 1 is 1.26 bits per heavy atom. The number of aromatic nitrogens is 3. The van der Waals surface area contributed by atoms with Crippen molar-refractivity contribution in [2.24, 2.45) is 0 Å². The number of nitrogens with one attached hydrogen (secondary N) is 2. The smallest absolute Gasteiger partial charge is 0.424 e. The van der Waals surface area contributed by atoms with Gasteiger partial charge in [-0.2, -0.15) is 0 Å². The summed E-state index contributed by atoms with van der Waals surface area (Å²) in [4.78, 5) is 23.8. The number of allylic oxidation sites excluding steroid dienone is 1. The van der Waals surface area contributed by atoms with Gasteiger partial charge in [0.15, 0.2) is 0 Å². The highest BCUT2D eigenvalue weighted by atomic mass is 32.2. The minimum absolute atomic E-state index is 0.0645. The second kappa shape index (κ2) is 8.03. The zero-order chi connectivity index (χ0) is 23.0. The van der Waals surface area contributed by atoms with Crippen LogP contribution in [0.15, 0.2) is 48.3 Å². The van der Waals surface area contributed by atoms with Gasteiger partial charge >= 0.3 is 6.09 Å². The molecule has 0 aliphatic rings. The number of aromatic amines is 1. The zero-order valence-corrected chi connectivity index (χ0v) is 18.9. The van der Waals surface area contributed by atoms with Crippen molar-refractivity contribution in [3.8, 4) is 0 Å². The fourth-order valence-corrected chi connectivity index (χ4v) is 3.92. The fraction of sp³-hybridized carbons (Fsp3) is 0.286. The van der Waals surface area contributed by atoms with Crippen LogP contribution in [-0.4, -0.2) is 46.4 Å². The highest BCUT2D eigenvalue weighted by Crippen LogP contribution is 2.30. The average molecular weight is 444 g/mol. The van der Waals surface area contributed by atoms with Crippen molar-refractivity contribution < 1.29 is 17.9 Å². The molecule has 9 nitrogen and oxygen atoms in total. The highest BCUT2D eigenvalue weighted by molar-refractivity contribution is 7.89. The van der Waals surface area contributed by atoms with Gasteiger partial charge in [0, 0.05) is 24.5 Å². The lowest BCUT2D eigenvalue weighted by molar-refractivity contribution is 0.0420. The van der Waals surface area contributed by atoms with E-state index >= 15 is 0 Å². The maximum absolute atomic E-state index is 12.9. The number of sulfonamides is 1. The fourth-order valence-electron chi connectivity index (χ4n) is 2.85. The molecule has 164 valence electrons. The Balaban J connectivity index is 1.94. The quantitative estimate of drug-likeness (QED) is 0.604. The minimum Gasteiger partial charge on any atom is -0.443 e. The number of amides is 1. The number of hydrogen-bond donors (Lipinski definition) is 2. The molecule has 0 spiro atoms. The minimum atomic E-state index is -4.11. The molecule has 3 rings (SSSR count). The molecule has 2 heterocycles. The van der Waals surface area contributed by atoms with Gasteiger partial charge in [-0.1, -0.05) is 12.6 Å². The van der Waals surface area contributed by atoms with Gasteiger partial charge < -0.3 is 15.0 Å². The van der Waals surface area contributed by atoms with Crippen LogP contribution in [0.5, 0.6) is 0 Å². The zero-order valence-electron chi connectivity index (χ0n) is 18.1. The van der Waals surface area contributed by atoms with Crippen molar-refractivity contribution in [3.05, 3.63) is 48.9 Å². The molecule has 0 atom stereocenters. The summed E-state index contributed by atoms with van der Waals surface area (Å²) < 4.78 is 31.6. The summed E-state index contributed by atoms with van der Waals surface area (Å²) in [6.07, 6.45) is 2.24. The summed E-state index contributed by atoms with van der Waals surface area (Å²) >= 11 is 0. The number of carbonyl (C=O) groups is 1. The van der Waals surface area contributed by atoms with Crippen LogP contribution >= 0.6 is 0 Å². The first-order chi connectivity index (χ1) is 14.4. The maximum atomic E-state index is 12.9. The summed E-state index contributed by atoms with van der Waals surface area (Å²) in [5, 5.41) is 3.88. The SMILES string of the molecule is C=C(C)c1c[nH]c2ncnc(Nc3cccc(S(=O)(=O)N(C)C(=O)OC(C)(C)C)c3)c12. The number of anilines is 2. The highest BCUT2D eigenvalue weighted by Gasteiger charge is 2.30. The van der Waals surface area contributed by atoms with E-state index in [9.17, 15) is 13.2 Å². The molecule has 0 aliphatic heterocycles. The normalized spacial score (nSPS) is 11.9. The monoisotopic (exact) mass is 443 g/mol. The van der Waals surface area contributed by atoms with Crippen LogP contribution in [0.3, 0.4) is 0 Å². The standard InChI is InChI=1S/C21H25N5O4S/c1-13(2)16-11-22-18-17(16)19(24-12-23-18)25-14-8-7-9-15(10-14)31(28,29)26(6)20(27)30-21(3,4)5/h7-12H,1H2,2-6H3,(H2,22,23,24,25). The van der Waals surface area contributed by atoms with E-state index in [0.29, 0.717) is 21.5 Å². The van der Waals surface area contributed by atoms with Gasteiger partial charge in [-0.15, -0.1) is 0 Å². The van der Waals surface area contributed by atoms with E-state index in [1.165, 1.54) is 18.5 Å². The molecule has 3 aromatic rings. The van der Waals surface area contributed by atoms with E-state index < -0.39 is 21.7 Å². The predicted molar refractivity (Wildman–Crippen MR) is 120 cm³/mol.